The molecule has 0 bridgehead atoms. The minimum atomic E-state index is 0.361. The van der Waals surface area contributed by atoms with Gasteiger partial charge < -0.3 is 10.1 Å². The molecule has 1 atom stereocenters. The van der Waals surface area contributed by atoms with Crippen LogP contribution in [0.5, 0.6) is 0 Å². The lowest BCUT2D eigenvalue weighted by atomic mass is 10.0. The van der Waals surface area contributed by atoms with E-state index >= 15 is 0 Å². The highest BCUT2D eigenvalue weighted by Crippen LogP contribution is 2.47. The van der Waals surface area contributed by atoms with Crippen LogP contribution < -0.4 is 5.32 Å². The molecule has 0 aromatic heterocycles. The van der Waals surface area contributed by atoms with Crippen molar-refractivity contribution in [1.29, 1.82) is 0 Å². The van der Waals surface area contributed by atoms with E-state index in [1.807, 2.05) is 7.05 Å². The molecular formula is C9H17NO. The minimum Gasteiger partial charge on any atom is -0.370 e. The summed E-state index contributed by atoms with van der Waals surface area (Å²) in [4.78, 5) is 0. The maximum atomic E-state index is 5.96. The molecule has 0 aromatic rings. The molecule has 2 fully saturated rings. The Bertz CT molecular complexity index is 140. The van der Waals surface area contributed by atoms with Gasteiger partial charge in [0, 0.05) is 6.54 Å². The van der Waals surface area contributed by atoms with Gasteiger partial charge in [0.1, 0.15) is 0 Å². The molecule has 1 saturated carbocycles. The van der Waals surface area contributed by atoms with E-state index in [1.165, 1.54) is 32.1 Å². The molecule has 2 heteroatoms. The first-order valence-electron chi connectivity index (χ1n) is 4.67. The van der Waals surface area contributed by atoms with Crippen LogP contribution >= 0.6 is 0 Å². The fraction of sp³-hybridized carbons (Fsp3) is 1.00. The van der Waals surface area contributed by atoms with Crippen molar-refractivity contribution in [3.63, 3.8) is 0 Å². The maximum absolute atomic E-state index is 5.96. The van der Waals surface area contributed by atoms with Gasteiger partial charge in [0.05, 0.1) is 11.7 Å². The average Bonchev–Trinajstić information content (AvgIpc) is 2.70. The van der Waals surface area contributed by atoms with Gasteiger partial charge in [-0.05, 0) is 39.2 Å². The van der Waals surface area contributed by atoms with Crippen molar-refractivity contribution >= 4 is 0 Å². The molecule has 2 rings (SSSR count). The summed E-state index contributed by atoms with van der Waals surface area (Å²) in [5.41, 5.74) is 0.361. The topological polar surface area (TPSA) is 21.3 Å². The van der Waals surface area contributed by atoms with Gasteiger partial charge in [0.25, 0.3) is 0 Å². The molecule has 1 aliphatic heterocycles. The quantitative estimate of drug-likeness (QED) is 0.649. The zero-order chi connectivity index (χ0) is 7.73. The van der Waals surface area contributed by atoms with E-state index in [-0.39, 0.29) is 0 Å². The van der Waals surface area contributed by atoms with Gasteiger partial charge in [0.15, 0.2) is 0 Å². The Morgan fingerprint density at radius 2 is 2.27 bits per heavy atom. The highest BCUT2D eigenvalue weighted by atomic mass is 16.5. The lowest BCUT2D eigenvalue weighted by molar-refractivity contribution is -0.0647. The van der Waals surface area contributed by atoms with Gasteiger partial charge in [-0.15, -0.1) is 0 Å². The molecule has 0 amide bonds. The number of nitrogens with one attached hydrogen (secondary N) is 1. The lowest BCUT2D eigenvalue weighted by Gasteiger charge is -2.30. The molecule has 1 unspecified atom stereocenters. The van der Waals surface area contributed by atoms with Crippen LogP contribution in [-0.4, -0.2) is 25.3 Å². The number of hydrogen-bond donors (Lipinski definition) is 1. The third-order valence-corrected chi connectivity index (χ3v) is 2.81. The highest BCUT2D eigenvalue weighted by molar-refractivity contribution is 4.98. The van der Waals surface area contributed by atoms with Gasteiger partial charge >= 0.3 is 0 Å². The van der Waals surface area contributed by atoms with Gasteiger partial charge in [-0.3, -0.25) is 0 Å². The smallest absolute Gasteiger partial charge is 0.0706 e. The molecule has 1 saturated heterocycles. The summed E-state index contributed by atoms with van der Waals surface area (Å²) in [7, 11) is 2.00. The van der Waals surface area contributed by atoms with Crippen molar-refractivity contribution in [2.45, 2.75) is 43.8 Å². The summed E-state index contributed by atoms with van der Waals surface area (Å²) in [5, 5.41) is 3.18. The molecule has 2 nitrogen and oxygen atoms in total. The van der Waals surface area contributed by atoms with Gasteiger partial charge in [-0.1, -0.05) is 0 Å². The number of likely N-dealkylation sites (N-methyl/N-ethyl adjacent to an activating group) is 1. The molecular weight excluding hydrogens is 138 g/mol. The second kappa shape index (κ2) is 2.76. The van der Waals surface area contributed by atoms with Crippen LogP contribution in [0.1, 0.15) is 32.1 Å². The highest BCUT2D eigenvalue weighted by Gasteiger charge is 2.47. The van der Waals surface area contributed by atoms with Gasteiger partial charge in [-0.25, -0.2) is 0 Å². The van der Waals surface area contributed by atoms with E-state index in [9.17, 15) is 0 Å². The van der Waals surface area contributed by atoms with Crippen molar-refractivity contribution in [2.75, 3.05) is 13.6 Å². The number of hydrogen-bond acceptors (Lipinski definition) is 2. The fourth-order valence-electron chi connectivity index (χ4n) is 2.00. The van der Waals surface area contributed by atoms with E-state index in [1.54, 1.807) is 0 Å². The molecule has 2 aliphatic rings. The van der Waals surface area contributed by atoms with Crippen LogP contribution in [0.25, 0.3) is 0 Å². The third kappa shape index (κ3) is 1.57. The predicted octanol–water partition coefficient (Wildman–Crippen LogP) is 1.31. The Kier molecular flexibility index (Phi) is 1.90. The Balaban J connectivity index is 1.83. The van der Waals surface area contributed by atoms with E-state index in [2.05, 4.69) is 5.32 Å². The molecule has 64 valence electrons. The Hall–Kier alpha value is -0.0800. The third-order valence-electron chi connectivity index (χ3n) is 2.81. The summed E-state index contributed by atoms with van der Waals surface area (Å²) >= 11 is 0. The SMILES string of the molecule is CNCC1CCCC2(CC2)O1. The van der Waals surface area contributed by atoms with Crippen LogP contribution in [0.4, 0.5) is 0 Å². The van der Waals surface area contributed by atoms with Gasteiger partial charge in [0.2, 0.25) is 0 Å². The van der Waals surface area contributed by atoms with Crippen molar-refractivity contribution in [2.24, 2.45) is 0 Å². The normalized spacial score (nSPS) is 34.1. The monoisotopic (exact) mass is 155 g/mol. The molecule has 1 heterocycles. The van der Waals surface area contributed by atoms with Crippen LogP contribution in [0.2, 0.25) is 0 Å². The van der Waals surface area contributed by atoms with Crippen molar-refractivity contribution < 1.29 is 4.74 Å². The molecule has 0 aromatic carbocycles. The molecule has 0 radical (unpaired) electrons. The first-order chi connectivity index (χ1) is 5.35. The van der Waals surface area contributed by atoms with E-state index < -0.39 is 0 Å². The molecule has 1 spiro atoms. The number of ether oxygens (including phenoxy) is 1. The Morgan fingerprint density at radius 3 is 2.91 bits per heavy atom. The van der Waals surface area contributed by atoms with Crippen molar-refractivity contribution in [3.05, 3.63) is 0 Å². The largest absolute Gasteiger partial charge is 0.370 e. The number of rotatable bonds is 2. The van der Waals surface area contributed by atoms with Crippen LogP contribution in [0, 0.1) is 0 Å². The van der Waals surface area contributed by atoms with E-state index in [4.69, 9.17) is 4.74 Å². The lowest BCUT2D eigenvalue weighted by Crippen LogP contribution is -2.35. The Labute approximate surface area is 68.3 Å². The van der Waals surface area contributed by atoms with Crippen molar-refractivity contribution in [3.8, 4) is 0 Å². The summed E-state index contributed by atoms with van der Waals surface area (Å²) in [6.45, 7) is 1.03. The van der Waals surface area contributed by atoms with Crippen LogP contribution in [-0.2, 0) is 4.74 Å². The van der Waals surface area contributed by atoms with Gasteiger partial charge in [-0.2, -0.15) is 0 Å². The Morgan fingerprint density at radius 1 is 1.45 bits per heavy atom. The predicted molar refractivity (Wildman–Crippen MR) is 44.6 cm³/mol. The molecule has 11 heavy (non-hydrogen) atoms. The molecule has 1 aliphatic carbocycles. The second-order valence-electron chi connectivity index (χ2n) is 3.87. The summed E-state index contributed by atoms with van der Waals surface area (Å²) in [6, 6.07) is 0. The van der Waals surface area contributed by atoms with Crippen LogP contribution in [0.15, 0.2) is 0 Å². The first-order valence-corrected chi connectivity index (χ1v) is 4.67. The van der Waals surface area contributed by atoms with Crippen molar-refractivity contribution in [1.82, 2.24) is 5.32 Å². The first kappa shape index (κ1) is 7.56. The summed E-state index contributed by atoms with van der Waals surface area (Å²) in [5.74, 6) is 0. The standard InChI is InChI=1S/C9H17NO/c1-10-7-8-3-2-4-9(11-8)5-6-9/h8,10H,2-7H2,1H3. The van der Waals surface area contributed by atoms with E-state index in [0.717, 1.165) is 6.54 Å². The second-order valence-corrected chi connectivity index (χ2v) is 3.87. The minimum absolute atomic E-state index is 0.361. The maximum Gasteiger partial charge on any atom is 0.0706 e. The zero-order valence-corrected chi connectivity index (χ0v) is 7.23. The molecule has 1 N–H and O–H groups in total. The average molecular weight is 155 g/mol. The van der Waals surface area contributed by atoms with E-state index in [0.29, 0.717) is 11.7 Å². The zero-order valence-electron chi connectivity index (χ0n) is 7.23. The fourth-order valence-corrected chi connectivity index (χ4v) is 2.00. The van der Waals surface area contributed by atoms with Crippen LogP contribution in [0.3, 0.4) is 0 Å². The summed E-state index contributed by atoms with van der Waals surface area (Å²) in [6.07, 6.45) is 7.05. The summed E-state index contributed by atoms with van der Waals surface area (Å²) < 4.78 is 5.96.